The van der Waals surface area contributed by atoms with Crippen molar-refractivity contribution in [1.29, 1.82) is 0 Å². The van der Waals surface area contributed by atoms with Crippen molar-refractivity contribution >= 4 is 17.7 Å². The minimum absolute atomic E-state index is 0.280. The molecule has 0 N–H and O–H groups in total. The zero-order valence-electron chi connectivity index (χ0n) is 17.9. The number of methoxy groups -OCH3 is 1. The van der Waals surface area contributed by atoms with Crippen LogP contribution in [0.1, 0.15) is 32.1 Å². The van der Waals surface area contributed by atoms with Crippen LogP contribution in [-0.2, 0) is 4.79 Å². The summed E-state index contributed by atoms with van der Waals surface area (Å²) in [4.78, 5) is 14.4. The number of hydrogen-bond donors (Lipinski definition) is 0. The number of carbonyl (C=O) groups excluding carboxylic acids is 1. The van der Waals surface area contributed by atoms with E-state index in [1.165, 1.54) is 6.42 Å². The second kappa shape index (κ2) is 10.5. The Morgan fingerprint density at radius 1 is 1.00 bits per heavy atom. The normalized spacial score (nSPS) is 13.9. The van der Waals surface area contributed by atoms with Gasteiger partial charge < -0.3 is 9.64 Å². The molecule has 162 valence electrons. The molecule has 31 heavy (non-hydrogen) atoms. The maximum Gasteiger partial charge on any atom is 0.222 e. The van der Waals surface area contributed by atoms with E-state index in [9.17, 15) is 4.79 Å². The fourth-order valence-electron chi connectivity index (χ4n) is 3.79. The number of amides is 1. The summed E-state index contributed by atoms with van der Waals surface area (Å²) in [5.41, 5.74) is 1.99. The van der Waals surface area contributed by atoms with Crippen molar-refractivity contribution in [1.82, 2.24) is 19.7 Å². The van der Waals surface area contributed by atoms with Crippen molar-refractivity contribution in [2.24, 2.45) is 0 Å². The minimum atomic E-state index is 0.280. The number of nitrogens with zero attached hydrogens (tertiary/aromatic N) is 4. The smallest absolute Gasteiger partial charge is 0.222 e. The lowest BCUT2D eigenvalue weighted by Crippen LogP contribution is -2.35. The Labute approximate surface area is 187 Å². The summed E-state index contributed by atoms with van der Waals surface area (Å²) < 4.78 is 7.38. The van der Waals surface area contributed by atoms with Gasteiger partial charge in [-0.2, -0.15) is 0 Å². The number of aromatic nitrogens is 3. The van der Waals surface area contributed by atoms with Crippen molar-refractivity contribution < 1.29 is 9.53 Å². The van der Waals surface area contributed by atoms with Gasteiger partial charge in [0.05, 0.1) is 7.11 Å². The van der Waals surface area contributed by atoms with Gasteiger partial charge in [-0.05, 0) is 49.9 Å². The molecule has 1 aliphatic heterocycles. The van der Waals surface area contributed by atoms with Crippen LogP contribution in [0.5, 0.6) is 5.75 Å². The van der Waals surface area contributed by atoms with Crippen LogP contribution in [0.25, 0.3) is 17.1 Å². The molecular formula is C24H28N4O2S. The number of likely N-dealkylation sites (tertiary alicyclic amines) is 1. The number of ether oxygens (including phenoxy) is 1. The summed E-state index contributed by atoms with van der Waals surface area (Å²) in [5.74, 6) is 2.71. The predicted molar refractivity (Wildman–Crippen MR) is 124 cm³/mol. The standard InChI is InChI=1S/C24H28N4O2S/c1-30-21-14-12-20(13-15-21)28-23(19-9-4-2-5-10-19)25-26-24(28)31-18-8-11-22(29)27-16-6-3-7-17-27/h2,4-5,9-10,12-15H,3,6-8,11,16-18H2,1H3. The zero-order chi connectivity index (χ0) is 21.5. The predicted octanol–water partition coefficient (Wildman–Crippen LogP) is 4.83. The quantitative estimate of drug-likeness (QED) is 0.374. The summed E-state index contributed by atoms with van der Waals surface area (Å²) in [7, 11) is 1.66. The second-order valence-corrected chi connectivity index (χ2v) is 8.66. The molecule has 6 nitrogen and oxygen atoms in total. The summed E-state index contributed by atoms with van der Waals surface area (Å²) in [5, 5.41) is 9.77. The maximum absolute atomic E-state index is 12.4. The van der Waals surface area contributed by atoms with Gasteiger partial charge in [0, 0.05) is 36.5 Å². The van der Waals surface area contributed by atoms with Crippen molar-refractivity contribution in [3.05, 3.63) is 54.6 Å². The van der Waals surface area contributed by atoms with Crippen LogP contribution in [0.15, 0.2) is 59.8 Å². The minimum Gasteiger partial charge on any atom is -0.497 e. The lowest BCUT2D eigenvalue weighted by Gasteiger charge is -2.26. The van der Waals surface area contributed by atoms with Gasteiger partial charge in [0.1, 0.15) is 5.75 Å². The third-order valence-electron chi connectivity index (χ3n) is 5.47. The number of carbonyl (C=O) groups is 1. The second-order valence-electron chi connectivity index (χ2n) is 7.60. The Bertz CT molecular complexity index is 983. The van der Waals surface area contributed by atoms with E-state index in [0.29, 0.717) is 6.42 Å². The van der Waals surface area contributed by atoms with Gasteiger partial charge >= 0.3 is 0 Å². The summed E-state index contributed by atoms with van der Waals surface area (Å²) in [6.07, 6.45) is 4.93. The Kier molecular flexibility index (Phi) is 7.25. The highest BCUT2D eigenvalue weighted by molar-refractivity contribution is 7.99. The monoisotopic (exact) mass is 436 g/mol. The lowest BCUT2D eigenvalue weighted by molar-refractivity contribution is -0.132. The molecule has 1 amide bonds. The van der Waals surface area contributed by atoms with Gasteiger partial charge in [-0.3, -0.25) is 9.36 Å². The number of rotatable bonds is 8. The molecule has 0 aliphatic carbocycles. The van der Waals surface area contributed by atoms with E-state index in [-0.39, 0.29) is 5.91 Å². The molecule has 0 unspecified atom stereocenters. The van der Waals surface area contributed by atoms with Gasteiger partial charge in [-0.1, -0.05) is 42.1 Å². The number of piperidine rings is 1. The Balaban J connectivity index is 1.47. The van der Waals surface area contributed by atoms with Crippen LogP contribution < -0.4 is 4.74 Å². The molecule has 2 heterocycles. The van der Waals surface area contributed by atoms with Crippen molar-refractivity contribution in [2.75, 3.05) is 26.0 Å². The first kappa shape index (κ1) is 21.4. The van der Waals surface area contributed by atoms with E-state index in [1.807, 2.05) is 59.5 Å². The third-order valence-corrected chi connectivity index (χ3v) is 6.49. The number of benzene rings is 2. The molecule has 1 aliphatic rings. The highest BCUT2D eigenvalue weighted by atomic mass is 32.2. The first-order chi connectivity index (χ1) is 15.3. The molecule has 1 fully saturated rings. The average molecular weight is 437 g/mol. The van der Waals surface area contributed by atoms with Crippen LogP contribution in [0.2, 0.25) is 0 Å². The molecule has 0 atom stereocenters. The molecule has 2 aromatic carbocycles. The van der Waals surface area contributed by atoms with Crippen LogP contribution >= 0.6 is 11.8 Å². The SMILES string of the molecule is COc1ccc(-n2c(SCCCC(=O)N3CCCCC3)nnc2-c2ccccc2)cc1. The van der Waals surface area contributed by atoms with Crippen molar-refractivity contribution in [3.63, 3.8) is 0 Å². The first-order valence-electron chi connectivity index (χ1n) is 10.8. The molecule has 0 radical (unpaired) electrons. The van der Waals surface area contributed by atoms with E-state index in [1.54, 1.807) is 18.9 Å². The van der Waals surface area contributed by atoms with Gasteiger partial charge in [0.25, 0.3) is 0 Å². The van der Waals surface area contributed by atoms with E-state index < -0.39 is 0 Å². The van der Waals surface area contributed by atoms with Crippen LogP contribution in [0, 0.1) is 0 Å². The van der Waals surface area contributed by atoms with Crippen molar-refractivity contribution in [2.45, 2.75) is 37.3 Å². The largest absolute Gasteiger partial charge is 0.497 e. The lowest BCUT2D eigenvalue weighted by atomic mass is 10.1. The third kappa shape index (κ3) is 5.28. The fraction of sp³-hybridized carbons (Fsp3) is 0.375. The molecule has 1 saturated heterocycles. The Hall–Kier alpha value is -2.80. The molecule has 0 bridgehead atoms. The average Bonchev–Trinajstić information content (AvgIpc) is 3.26. The number of hydrogen-bond acceptors (Lipinski definition) is 5. The van der Waals surface area contributed by atoms with Crippen LogP contribution in [0.3, 0.4) is 0 Å². The zero-order valence-corrected chi connectivity index (χ0v) is 18.7. The van der Waals surface area contributed by atoms with E-state index in [2.05, 4.69) is 14.8 Å². The number of thioether (sulfide) groups is 1. The summed E-state index contributed by atoms with van der Waals surface area (Å²) >= 11 is 1.64. The van der Waals surface area contributed by atoms with Crippen LogP contribution in [0.4, 0.5) is 0 Å². The first-order valence-corrected chi connectivity index (χ1v) is 11.8. The van der Waals surface area contributed by atoms with Crippen LogP contribution in [-0.4, -0.2) is 51.5 Å². The van der Waals surface area contributed by atoms with Gasteiger partial charge in [0.2, 0.25) is 5.91 Å². The summed E-state index contributed by atoms with van der Waals surface area (Å²) in [6.45, 7) is 1.83. The highest BCUT2D eigenvalue weighted by Gasteiger charge is 2.18. The topological polar surface area (TPSA) is 60.2 Å². The van der Waals surface area contributed by atoms with E-state index in [4.69, 9.17) is 4.74 Å². The molecular weight excluding hydrogens is 408 g/mol. The molecule has 7 heteroatoms. The molecule has 1 aromatic heterocycles. The van der Waals surface area contributed by atoms with E-state index in [0.717, 1.165) is 66.1 Å². The van der Waals surface area contributed by atoms with Gasteiger partial charge in [0.15, 0.2) is 11.0 Å². The van der Waals surface area contributed by atoms with E-state index >= 15 is 0 Å². The Morgan fingerprint density at radius 2 is 1.74 bits per heavy atom. The fourth-order valence-corrected chi connectivity index (χ4v) is 4.68. The van der Waals surface area contributed by atoms with Gasteiger partial charge in [-0.15, -0.1) is 10.2 Å². The molecule has 3 aromatic rings. The summed E-state index contributed by atoms with van der Waals surface area (Å²) in [6, 6.07) is 18.0. The molecule has 4 rings (SSSR count). The van der Waals surface area contributed by atoms with Gasteiger partial charge in [-0.25, -0.2) is 0 Å². The maximum atomic E-state index is 12.4. The molecule has 0 spiro atoms. The Morgan fingerprint density at radius 3 is 2.45 bits per heavy atom. The molecule has 0 saturated carbocycles. The highest BCUT2D eigenvalue weighted by Crippen LogP contribution is 2.29. The van der Waals surface area contributed by atoms with Crippen molar-refractivity contribution in [3.8, 4) is 22.8 Å².